The molecule has 0 radical (unpaired) electrons. The van der Waals surface area contributed by atoms with Crippen LogP contribution in [0, 0.1) is 5.92 Å². The summed E-state index contributed by atoms with van der Waals surface area (Å²) in [5.74, 6) is 0.0200. The monoisotopic (exact) mass is 353 g/mol. The van der Waals surface area contributed by atoms with E-state index < -0.39 is 12.8 Å². The third kappa shape index (κ3) is 7.87. The molecule has 1 N–H and O–H groups in total. The summed E-state index contributed by atoms with van der Waals surface area (Å²) in [6.07, 6.45) is -3.58. The summed E-state index contributed by atoms with van der Waals surface area (Å²) in [4.78, 5) is 0. The van der Waals surface area contributed by atoms with Crippen molar-refractivity contribution in [3.63, 3.8) is 0 Å². The van der Waals surface area contributed by atoms with E-state index in [2.05, 4.69) is 21.2 Å². The van der Waals surface area contributed by atoms with Gasteiger partial charge in [0.05, 0.1) is 6.61 Å². The van der Waals surface area contributed by atoms with E-state index >= 15 is 0 Å². The van der Waals surface area contributed by atoms with Crippen LogP contribution in [0.15, 0.2) is 28.7 Å². The average Bonchev–Trinajstić information content (AvgIpc) is 2.34. The molecule has 0 spiro atoms. The maximum absolute atomic E-state index is 12.1. The Hall–Kier alpha value is -0.590. The van der Waals surface area contributed by atoms with Crippen LogP contribution in [0.3, 0.4) is 0 Å². The second-order valence-electron chi connectivity index (χ2n) is 4.64. The predicted octanol–water partition coefficient (Wildman–Crippen LogP) is 3.80. The highest BCUT2D eigenvalue weighted by molar-refractivity contribution is 9.10. The van der Waals surface area contributed by atoms with Crippen LogP contribution in [0.5, 0.6) is 0 Å². The van der Waals surface area contributed by atoms with Gasteiger partial charge in [0, 0.05) is 11.0 Å². The topological polar surface area (TPSA) is 21.3 Å². The van der Waals surface area contributed by atoms with Crippen molar-refractivity contribution >= 4 is 15.9 Å². The lowest BCUT2D eigenvalue weighted by molar-refractivity contribution is -0.176. The molecular weight excluding hydrogens is 335 g/mol. The third-order valence-corrected chi connectivity index (χ3v) is 3.21. The van der Waals surface area contributed by atoms with E-state index in [0.717, 1.165) is 16.6 Å². The molecule has 2 nitrogen and oxygen atoms in total. The van der Waals surface area contributed by atoms with E-state index in [-0.39, 0.29) is 12.5 Å². The summed E-state index contributed by atoms with van der Waals surface area (Å²) in [6.45, 7) is 2.30. The summed E-state index contributed by atoms with van der Waals surface area (Å²) in [5.41, 5.74) is 1.08. The van der Waals surface area contributed by atoms with Crippen molar-refractivity contribution in [3.05, 3.63) is 34.3 Å². The number of nitrogens with one attached hydrogen (secondary N) is 1. The van der Waals surface area contributed by atoms with Gasteiger partial charge < -0.3 is 10.1 Å². The summed E-state index contributed by atoms with van der Waals surface area (Å²) in [7, 11) is 0. The van der Waals surface area contributed by atoms with Crippen molar-refractivity contribution in [2.75, 3.05) is 26.3 Å². The van der Waals surface area contributed by atoms with Crippen LogP contribution >= 0.6 is 15.9 Å². The smallest absolute Gasteiger partial charge is 0.372 e. The summed E-state index contributed by atoms with van der Waals surface area (Å²) < 4.78 is 42.0. The Kier molecular flexibility index (Phi) is 7.55. The molecule has 0 fully saturated rings. The first kappa shape index (κ1) is 17.5. The zero-order valence-corrected chi connectivity index (χ0v) is 12.9. The van der Waals surface area contributed by atoms with Gasteiger partial charge in [-0.25, -0.2) is 0 Å². The molecule has 0 amide bonds. The molecule has 1 aromatic carbocycles. The van der Waals surface area contributed by atoms with Crippen molar-refractivity contribution in [2.45, 2.75) is 19.5 Å². The Labute approximate surface area is 125 Å². The molecule has 0 bridgehead atoms. The van der Waals surface area contributed by atoms with Crippen LogP contribution < -0.4 is 5.32 Å². The molecule has 0 saturated carbocycles. The Morgan fingerprint density at radius 3 is 2.70 bits per heavy atom. The van der Waals surface area contributed by atoms with Gasteiger partial charge in [-0.1, -0.05) is 35.0 Å². The average molecular weight is 354 g/mol. The van der Waals surface area contributed by atoms with Crippen molar-refractivity contribution in [2.24, 2.45) is 5.92 Å². The highest BCUT2D eigenvalue weighted by Gasteiger charge is 2.27. The SMILES string of the molecule is CCNCC(COCC(F)(F)F)Cc1cccc(Br)c1. The predicted molar refractivity (Wildman–Crippen MR) is 76.8 cm³/mol. The zero-order valence-electron chi connectivity index (χ0n) is 11.3. The summed E-state index contributed by atoms with van der Waals surface area (Å²) >= 11 is 3.39. The number of hydrogen-bond donors (Lipinski definition) is 1. The first-order valence-corrected chi connectivity index (χ1v) is 7.29. The van der Waals surface area contributed by atoms with Crippen molar-refractivity contribution in [1.82, 2.24) is 5.32 Å². The lowest BCUT2D eigenvalue weighted by Crippen LogP contribution is -2.29. The van der Waals surface area contributed by atoms with Gasteiger partial charge in [0.2, 0.25) is 0 Å². The maximum Gasteiger partial charge on any atom is 0.411 e. The van der Waals surface area contributed by atoms with Crippen LogP contribution in [-0.2, 0) is 11.2 Å². The van der Waals surface area contributed by atoms with Crippen LogP contribution in [0.25, 0.3) is 0 Å². The Bertz CT molecular complexity index is 398. The van der Waals surface area contributed by atoms with E-state index in [0.29, 0.717) is 13.0 Å². The molecule has 1 unspecified atom stereocenters. The number of halogens is 4. The van der Waals surface area contributed by atoms with Gasteiger partial charge in [0.15, 0.2) is 0 Å². The lowest BCUT2D eigenvalue weighted by Gasteiger charge is -2.18. The van der Waals surface area contributed by atoms with Crippen molar-refractivity contribution < 1.29 is 17.9 Å². The van der Waals surface area contributed by atoms with Gasteiger partial charge in [-0.15, -0.1) is 0 Å². The van der Waals surface area contributed by atoms with Gasteiger partial charge in [-0.3, -0.25) is 0 Å². The number of hydrogen-bond acceptors (Lipinski definition) is 2. The third-order valence-electron chi connectivity index (χ3n) is 2.72. The van der Waals surface area contributed by atoms with Crippen LogP contribution in [0.1, 0.15) is 12.5 Å². The Balaban J connectivity index is 2.50. The van der Waals surface area contributed by atoms with E-state index in [1.165, 1.54) is 0 Å². The summed E-state index contributed by atoms with van der Waals surface area (Å²) in [5, 5.41) is 3.16. The molecular formula is C14H19BrF3NO. The second kappa shape index (κ2) is 8.64. The van der Waals surface area contributed by atoms with Gasteiger partial charge in [-0.05, 0) is 36.6 Å². The number of ether oxygens (including phenoxy) is 1. The highest BCUT2D eigenvalue weighted by atomic mass is 79.9. The minimum Gasteiger partial charge on any atom is -0.372 e. The molecule has 0 aromatic heterocycles. The van der Waals surface area contributed by atoms with Crippen LogP contribution in [-0.4, -0.2) is 32.5 Å². The molecule has 114 valence electrons. The molecule has 1 rings (SSSR count). The van der Waals surface area contributed by atoms with Crippen molar-refractivity contribution in [3.8, 4) is 0 Å². The molecule has 20 heavy (non-hydrogen) atoms. The molecule has 0 aliphatic carbocycles. The molecule has 0 saturated heterocycles. The van der Waals surface area contributed by atoms with Gasteiger partial charge in [0.1, 0.15) is 6.61 Å². The van der Waals surface area contributed by atoms with Crippen LogP contribution in [0.4, 0.5) is 13.2 Å². The number of rotatable bonds is 8. The molecule has 6 heteroatoms. The van der Waals surface area contributed by atoms with E-state index in [9.17, 15) is 13.2 Å². The van der Waals surface area contributed by atoms with Crippen molar-refractivity contribution in [1.29, 1.82) is 0 Å². The first-order chi connectivity index (χ1) is 9.40. The fourth-order valence-corrected chi connectivity index (χ4v) is 2.32. The van der Waals surface area contributed by atoms with Gasteiger partial charge in [0.25, 0.3) is 0 Å². The van der Waals surface area contributed by atoms with Gasteiger partial charge in [-0.2, -0.15) is 13.2 Å². The van der Waals surface area contributed by atoms with E-state index in [4.69, 9.17) is 4.74 Å². The molecule has 0 aliphatic heterocycles. The highest BCUT2D eigenvalue weighted by Crippen LogP contribution is 2.17. The number of benzene rings is 1. The van der Waals surface area contributed by atoms with Crippen LogP contribution in [0.2, 0.25) is 0 Å². The normalized spacial score (nSPS) is 13.4. The first-order valence-electron chi connectivity index (χ1n) is 6.50. The minimum atomic E-state index is -4.27. The Morgan fingerprint density at radius 2 is 2.10 bits per heavy atom. The van der Waals surface area contributed by atoms with E-state index in [1.54, 1.807) is 0 Å². The fraction of sp³-hybridized carbons (Fsp3) is 0.571. The molecule has 0 aliphatic rings. The standard InChI is InChI=1S/C14H19BrF3NO/c1-2-19-8-12(9-20-10-14(16,17)18)6-11-4-3-5-13(15)7-11/h3-5,7,12,19H,2,6,8-10H2,1H3. The second-order valence-corrected chi connectivity index (χ2v) is 5.55. The number of alkyl halides is 3. The minimum absolute atomic E-state index is 0.0200. The lowest BCUT2D eigenvalue weighted by atomic mass is 10.00. The quantitative estimate of drug-likeness (QED) is 0.767. The maximum atomic E-state index is 12.1. The summed E-state index contributed by atoms with van der Waals surface area (Å²) in [6, 6.07) is 7.78. The molecule has 1 aromatic rings. The Morgan fingerprint density at radius 1 is 1.35 bits per heavy atom. The fourth-order valence-electron chi connectivity index (χ4n) is 1.88. The molecule has 1 atom stereocenters. The molecule has 0 heterocycles. The van der Waals surface area contributed by atoms with E-state index in [1.807, 2.05) is 31.2 Å². The van der Waals surface area contributed by atoms with Gasteiger partial charge >= 0.3 is 6.18 Å². The zero-order chi connectivity index (χ0) is 15.0. The largest absolute Gasteiger partial charge is 0.411 e.